The first kappa shape index (κ1) is 44.7. The number of hydrogen-bond acceptors (Lipinski definition) is 8. The first-order chi connectivity index (χ1) is 27.4. The molecule has 0 radical (unpaired) electrons. The zero-order chi connectivity index (χ0) is 43.1. The van der Waals surface area contributed by atoms with Gasteiger partial charge >= 0.3 is 11.9 Å². The van der Waals surface area contributed by atoms with E-state index in [1.807, 2.05) is 13.8 Å². The highest BCUT2D eigenvalue weighted by Gasteiger charge is 2.70. The third-order valence-corrected chi connectivity index (χ3v) is 18.9. The van der Waals surface area contributed by atoms with Crippen LogP contribution >= 0.6 is 0 Å². The normalized spacial score (nSPS) is 40.3. The Kier molecular flexibility index (Phi) is 11.8. The van der Waals surface area contributed by atoms with E-state index in [0.717, 1.165) is 83.0 Å². The fourth-order valence-electron chi connectivity index (χ4n) is 15.4. The number of morpholine rings is 1. The lowest BCUT2D eigenvalue weighted by atomic mass is 9.33. The lowest BCUT2D eigenvalue weighted by molar-refractivity contribution is -0.236. The summed E-state index contributed by atoms with van der Waals surface area (Å²) in [5.74, 6) is 0.0718. The third kappa shape index (κ3) is 7.36. The van der Waals surface area contributed by atoms with Crippen LogP contribution in [0.2, 0.25) is 0 Å². The van der Waals surface area contributed by atoms with Crippen LogP contribution in [-0.4, -0.2) is 91.2 Å². The minimum Gasteiger partial charge on any atom is -0.481 e. The van der Waals surface area contributed by atoms with Crippen molar-refractivity contribution in [2.24, 2.45) is 68.0 Å². The molecule has 59 heavy (non-hydrogen) atoms. The lowest BCUT2D eigenvalue weighted by Crippen LogP contribution is -2.66. The summed E-state index contributed by atoms with van der Waals surface area (Å²) in [5.41, 5.74) is 1.67. The second-order valence-electron chi connectivity index (χ2n) is 23.5. The molecule has 5 saturated carbocycles. The minimum absolute atomic E-state index is 0.0504. The first-order valence-corrected chi connectivity index (χ1v) is 23.5. The van der Waals surface area contributed by atoms with Crippen molar-refractivity contribution in [1.82, 2.24) is 15.5 Å². The number of carboxylic acids is 1. The number of amides is 1. The molecular formula is C49H79N3O7. The molecule has 0 unspecified atom stereocenters. The SMILES string of the molecule is CC(C)C1=C2[C@H]3CC[C@@H]4[C@@]5(C)CC[C@H](OC(=O)[C@H]6C[C@@H](C(=O)O)C6(C)C)C(C)(C)[C@@H]5CC[C@@]4(C)[C@]3(C)CC[C@@]2(CCNCC(C)(C)NC(=O)CN2CCOCC2)CC1=O. The summed E-state index contributed by atoms with van der Waals surface area (Å²) < 4.78 is 11.9. The van der Waals surface area contributed by atoms with E-state index >= 15 is 0 Å². The Labute approximate surface area is 355 Å². The van der Waals surface area contributed by atoms with Gasteiger partial charge in [-0.05, 0) is 136 Å². The van der Waals surface area contributed by atoms with Gasteiger partial charge in [-0.15, -0.1) is 0 Å². The van der Waals surface area contributed by atoms with Crippen LogP contribution in [0.25, 0.3) is 0 Å². The summed E-state index contributed by atoms with van der Waals surface area (Å²) in [6.07, 6.45) is 10.3. The van der Waals surface area contributed by atoms with Gasteiger partial charge in [0.05, 0.1) is 31.6 Å². The fraction of sp³-hybridized carbons (Fsp3) is 0.878. The maximum Gasteiger partial charge on any atom is 0.309 e. The average molecular weight is 822 g/mol. The Bertz CT molecular complexity index is 1710. The van der Waals surface area contributed by atoms with Crippen molar-refractivity contribution in [3.63, 3.8) is 0 Å². The third-order valence-electron chi connectivity index (χ3n) is 18.9. The van der Waals surface area contributed by atoms with Crippen LogP contribution < -0.4 is 10.6 Å². The zero-order valence-corrected chi connectivity index (χ0v) is 38.6. The molecule has 7 rings (SSSR count). The number of nitrogens with one attached hydrogen (secondary N) is 2. The molecule has 1 amide bonds. The van der Waals surface area contributed by atoms with Gasteiger partial charge < -0.3 is 25.2 Å². The number of carbonyl (C=O) groups is 4. The predicted octanol–water partition coefficient (Wildman–Crippen LogP) is 7.83. The Morgan fingerprint density at radius 3 is 2.22 bits per heavy atom. The molecule has 6 aliphatic carbocycles. The highest BCUT2D eigenvalue weighted by molar-refractivity contribution is 6.00. The number of ketones is 1. The Balaban J connectivity index is 1.05. The van der Waals surface area contributed by atoms with Crippen molar-refractivity contribution in [2.75, 3.05) is 45.9 Å². The van der Waals surface area contributed by atoms with E-state index in [2.05, 4.69) is 77.8 Å². The van der Waals surface area contributed by atoms with Gasteiger partial charge in [0.1, 0.15) is 6.10 Å². The molecule has 0 aromatic carbocycles. The van der Waals surface area contributed by atoms with E-state index in [-0.39, 0.29) is 56.9 Å². The number of fused-ring (bicyclic) bond motifs is 7. The van der Waals surface area contributed by atoms with Crippen LogP contribution in [0, 0.1) is 68.0 Å². The number of nitrogens with zero attached hydrogens (tertiary/aromatic N) is 1. The molecule has 332 valence electrons. The van der Waals surface area contributed by atoms with Gasteiger partial charge in [0, 0.05) is 42.4 Å². The second-order valence-corrected chi connectivity index (χ2v) is 23.5. The quantitative estimate of drug-likeness (QED) is 0.133. The van der Waals surface area contributed by atoms with Crippen LogP contribution in [0.3, 0.4) is 0 Å². The van der Waals surface area contributed by atoms with Crippen LogP contribution in [-0.2, 0) is 28.7 Å². The van der Waals surface area contributed by atoms with E-state index in [9.17, 15) is 24.3 Å². The molecule has 0 aromatic rings. The molecule has 6 fully saturated rings. The van der Waals surface area contributed by atoms with E-state index in [0.29, 0.717) is 62.7 Å². The van der Waals surface area contributed by atoms with Crippen molar-refractivity contribution in [3.05, 3.63) is 11.1 Å². The molecule has 10 nitrogen and oxygen atoms in total. The van der Waals surface area contributed by atoms with Crippen molar-refractivity contribution < 1.29 is 33.8 Å². The number of esters is 1. The van der Waals surface area contributed by atoms with E-state index in [1.54, 1.807) is 0 Å². The van der Waals surface area contributed by atoms with Gasteiger partial charge in [0.2, 0.25) is 5.91 Å². The average Bonchev–Trinajstić information content (AvgIpc) is 3.43. The molecule has 1 aliphatic heterocycles. The maximum atomic E-state index is 14.2. The zero-order valence-electron chi connectivity index (χ0n) is 38.6. The minimum atomic E-state index is -0.823. The summed E-state index contributed by atoms with van der Waals surface area (Å²) in [7, 11) is 0. The van der Waals surface area contributed by atoms with Crippen LogP contribution in [0.15, 0.2) is 11.1 Å². The van der Waals surface area contributed by atoms with Gasteiger partial charge in [-0.1, -0.05) is 67.9 Å². The van der Waals surface area contributed by atoms with Gasteiger partial charge in [0.25, 0.3) is 0 Å². The summed E-state index contributed by atoms with van der Waals surface area (Å²) in [6, 6.07) is 0. The number of allylic oxidation sites excluding steroid dienone is 2. The molecule has 0 aromatic heterocycles. The van der Waals surface area contributed by atoms with E-state index < -0.39 is 22.8 Å². The van der Waals surface area contributed by atoms with Crippen molar-refractivity contribution in [2.45, 2.75) is 158 Å². The van der Waals surface area contributed by atoms with E-state index in [4.69, 9.17) is 9.47 Å². The largest absolute Gasteiger partial charge is 0.481 e. The molecule has 1 saturated heterocycles. The molecule has 0 bridgehead atoms. The van der Waals surface area contributed by atoms with Gasteiger partial charge in [-0.25, -0.2) is 0 Å². The number of ether oxygens (including phenoxy) is 2. The van der Waals surface area contributed by atoms with Gasteiger partial charge in [-0.2, -0.15) is 0 Å². The molecular weight excluding hydrogens is 743 g/mol. The summed E-state index contributed by atoms with van der Waals surface area (Å²) in [6.45, 7) is 29.7. The van der Waals surface area contributed by atoms with Crippen LogP contribution in [0.1, 0.15) is 147 Å². The molecule has 10 atom stereocenters. The van der Waals surface area contributed by atoms with Crippen molar-refractivity contribution in [1.29, 1.82) is 0 Å². The highest BCUT2D eigenvalue weighted by atomic mass is 16.5. The highest BCUT2D eigenvalue weighted by Crippen LogP contribution is 2.77. The summed E-state index contributed by atoms with van der Waals surface area (Å²) in [5, 5.41) is 16.7. The van der Waals surface area contributed by atoms with Crippen LogP contribution in [0.4, 0.5) is 0 Å². The molecule has 3 N–H and O–H groups in total. The number of aliphatic carboxylic acids is 1. The standard InChI is InChI=1S/C49H79N3O7/c1-30(2)39-34(53)27-49(20-21-50-29-43(3,4)51-38(54)28-52-22-24-58-25-23-52)19-18-47(10)31(40(39)49)12-13-36-46(9)16-15-37(45(7,8)35(46)14-17-48(36,47)11)59-42(57)33-26-32(41(55)56)44(33,5)6/h30-33,35-37,50H,12-29H2,1-11H3,(H,51,54)(H,55,56)/t31-,32+,33-,35+,36-,37+,46+,47-,48-,49-/m1/s1. The molecule has 7 aliphatic rings. The Morgan fingerprint density at radius 2 is 1.58 bits per heavy atom. The Hall–Kier alpha value is -2.30. The van der Waals surface area contributed by atoms with Crippen molar-refractivity contribution in [3.8, 4) is 0 Å². The summed E-state index contributed by atoms with van der Waals surface area (Å²) in [4.78, 5) is 54.7. The predicted molar refractivity (Wildman–Crippen MR) is 229 cm³/mol. The smallest absolute Gasteiger partial charge is 0.309 e. The molecule has 0 spiro atoms. The fourth-order valence-corrected chi connectivity index (χ4v) is 15.4. The van der Waals surface area contributed by atoms with Crippen molar-refractivity contribution >= 4 is 23.6 Å². The number of Topliss-reactive ketones (excluding diaryl/α,β-unsaturated/α-hetero) is 1. The number of hydrogen-bond donors (Lipinski definition) is 3. The van der Waals surface area contributed by atoms with E-state index in [1.165, 1.54) is 5.57 Å². The maximum absolute atomic E-state index is 14.2. The first-order valence-electron chi connectivity index (χ1n) is 23.5. The molecule has 1 heterocycles. The van der Waals surface area contributed by atoms with Gasteiger partial charge in [0.15, 0.2) is 5.78 Å². The Morgan fingerprint density at radius 1 is 0.881 bits per heavy atom. The van der Waals surface area contributed by atoms with Gasteiger partial charge in [-0.3, -0.25) is 24.1 Å². The topological polar surface area (TPSA) is 134 Å². The number of carbonyl (C=O) groups excluding carboxylic acids is 3. The molecule has 10 heteroatoms. The number of rotatable bonds is 12. The van der Waals surface area contributed by atoms with Crippen LogP contribution in [0.5, 0.6) is 0 Å². The number of carboxylic acid groups (broad SMARTS) is 1. The monoisotopic (exact) mass is 822 g/mol. The lowest BCUT2D eigenvalue weighted by Gasteiger charge is -2.72. The second kappa shape index (κ2) is 15.5. The summed E-state index contributed by atoms with van der Waals surface area (Å²) >= 11 is 0.